The van der Waals surface area contributed by atoms with Gasteiger partial charge in [-0.05, 0) is 42.8 Å². The molecule has 0 amide bonds. The molecule has 0 radical (unpaired) electrons. The number of anilines is 1. The maximum Gasteiger partial charge on any atom is 0.205 e. The Morgan fingerprint density at radius 1 is 1.21 bits per heavy atom. The van der Waals surface area contributed by atoms with E-state index in [1.807, 2.05) is 29.7 Å². The Hall–Kier alpha value is -1.88. The molecule has 0 aliphatic heterocycles. The molecule has 0 atom stereocenters. The van der Waals surface area contributed by atoms with Gasteiger partial charge in [0.15, 0.2) is 0 Å². The molecule has 0 saturated heterocycles. The Morgan fingerprint density at radius 2 is 2.00 bits per heavy atom. The molecule has 5 heteroatoms. The van der Waals surface area contributed by atoms with Crippen LogP contribution in [0.1, 0.15) is 5.56 Å². The van der Waals surface area contributed by atoms with Crippen molar-refractivity contribution >= 4 is 32.9 Å². The maximum absolute atomic E-state index is 13.2. The van der Waals surface area contributed by atoms with Crippen LogP contribution in [0.4, 0.5) is 10.3 Å². The summed E-state index contributed by atoms with van der Waals surface area (Å²) in [4.78, 5) is 4.19. The van der Waals surface area contributed by atoms with Gasteiger partial charge >= 0.3 is 0 Å². The molecule has 2 aromatic carbocycles. The second-order valence-corrected chi connectivity index (χ2v) is 5.23. The van der Waals surface area contributed by atoms with Gasteiger partial charge in [0, 0.05) is 16.2 Å². The van der Waals surface area contributed by atoms with Crippen LogP contribution in [-0.2, 0) is 0 Å². The lowest BCUT2D eigenvalue weighted by Gasteiger charge is -2.08. The third-order valence-electron chi connectivity index (χ3n) is 3.04. The predicted octanol–water partition coefficient (Wildman–Crippen LogP) is 3.82. The van der Waals surface area contributed by atoms with Crippen LogP contribution in [0, 0.1) is 12.7 Å². The normalized spacial score (nSPS) is 11.1. The van der Waals surface area contributed by atoms with Crippen LogP contribution < -0.4 is 5.73 Å². The topological polar surface area (TPSA) is 43.8 Å². The van der Waals surface area contributed by atoms with E-state index in [9.17, 15) is 4.39 Å². The van der Waals surface area contributed by atoms with Crippen LogP contribution >= 0.6 is 15.9 Å². The van der Waals surface area contributed by atoms with E-state index >= 15 is 0 Å². The van der Waals surface area contributed by atoms with E-state index < -0.39 is 0 Å². The van der Waals surface area contributed by atoms with Crippen molar-refractivity contribution in [3.63, 3.8) is 0 Å². The molecular formula is C14H11BrFN3. The first-order chi connectivity index (χ1) is 9.06. The lowest BCUT2D eigenvalue weighted by atomic mass is 10.2. The quantitative estimate of drug-likeness (QED) is 0.741. The molecule has 0 aliphatic carbocycles. The monoisotopic (exact) mass is 319 g/mol. The third-order valence-corrected chi connectivity index (χ3v) is 3.93. The number of aromatic nitrogens is 2. The molecule has 1 aromatic heterocycles. The number of nitrogens with zero attached hydrogens (tertiary/aromatic N) is 2. The minimum atomic E-state index is -0.316. The summed E-state index contributed by atoms with van der Waals surface area (Å²) in [5.74, 6) is 0.0338. The fraction of sp³-hybridized carbons (Fsp3) is 0.0714. The van der Waals surface area contributed by atoms with Crippen LogP contribution in [-0.4, -0.2) is 9.55 Å². The van der Waals surface area contributed by atoms with Gasteiger partial charge in [-0.3, -0.25) is 4.57 Å². The van der Waals surface area contributed by atoms with Gasteiger partial charge < -0.3 is 5.73 Å². The Bertz CT molecular complexity index is 780. The van der Waals surface area contributed by atoms with Crippen LogP contribution in [0.2, 0.25) is 0 Å². The summed E-state index contributed by atoms with van der Waals surface area (Å²) in [6.45, 7) is 2.00. The molecule has 0 fully saturated rings. The summed E-state index contributed by atoms with van der Waals surface area (Å²) in [5.41, 5.74) is 9.29. The minimum absolute atomic E-state index is 0.316. The molecule has 19 heavy (non-hydrogen) atoms. The first-order valence-electron chi connectivity index (χ1n) is 5.76. The molecule has 3 nitrogen and oxygen atoms in total. The van der Waals surface area contributed by atoms with Gasteiger partial charge in [0.25, 0.3) is 0 Å². The standard InChI is InChI=1S/C14H11BrFN3/c1-8-6-10(3-4-11(8)15)19-13-5-2-9(16)7-12(13)18-14(19)17/h2-7H,1H3,(H2,17,18). The molecule has 2 N–H and O–H groups in total. The Balaban J connectivity index is 2.29. The summed E-state index contributed by atoms with van der Waals surface area (Å²) in [6, 6.07) is 10.4. The molecule has 0 aliphatic rings. The van der Waals surface area contributed by atoms with Crippen molar-refractivity contribution in [1.29, 1.82) is 0 Å². The Labute approximate surface area is 118 Å². The van der Waals surface area contributed by atoms with Gasteiger partial charge in [-0.1, -0.05) is 15.9 Å². The van der Waals surface area contributed by atoms with E-state index in [1.165, 1.54) is 12.1 Å². The largest absolute Gasteiger partial charge is 0.369 e. The highest BCUT2D eigenvalue weighted by atomic mass is 79.9. The first-order valence-corrected chi connectivity index (χ1v) is 6.55. The number of hydrogen-bond acceptors (Lipinski definition) is 2. The van der Waals surface area contributed by atoms with Gasteiger partial charge in [0.2, 0.25) is 5.95 Å². The van der Waals surface area contributed by atoms with Gasteiger partial charge in [0.05, 0.1) is 11.0 Å². The molecule has 1 heterocycles. The van der Waals surface area contributed by atoms with Crippen molar-refractivity contribution < 1.29 is 4.39 Å². The number of fused-ring (bicyclic) bond motifs is 1. The summed E-state index contributed by atoms with van der Waals surface area (Å²) >= 11 is 3.46. The summed E-state index contributed by atoms with van der Waals surface area (Å²) in [6.07, 6.45) is 0. The molecule has 3 aromatic rings. The third kappa shape index (κ3) is 2.00. The van der Waals surface area contributed by atoms with Crippen molar-refractivity contribution in [1.82, 2.24) is 9.55 Å². The molecule has 0 saturated carbocycles. The Morgan fingerprint density at radius 3 is 2.74 bits per heavy atom. The number of nitrogen functional groups attached to an aromatic ring is 1. The van der Waals surface area contributed by atoms with E-state index in [2.05, 4.69) is 20.9 Å². The maximum atomic E-state index is 13.2. The summed E-state index contributed by atoms with van der Waals surface area (Å²) in [5, 5.41) is 0. The average Bonchev–Trinajstić information content (AvgIpc) is 2.68. The van der Waals surface area contributed by atoms with Gasteiger partial charge in [-0.15, -0.1) is 0 Å². The molecular weight excluding hydrogens is 309 g/mol. The zero-order valence-electron chi connectivity index (χ0n) is 10.2. The lowest BCUT2D eigenvalue weighted by molar-refractivity contribution is 0.629. The van der Waals surface area contributed by atoms with Crippen LogP contribution in [0.3, 0.4) is 0 Å². The zero-order valence-corrected chi connectivity index (χ0v) is 11.8. The van der Waals surface area contributed by atoms with E-state index in [0.29, 0.717) is 11.5 Å². The minimum Gasteiger partial charge on any atom is -0.369 e. The average molecular weight is 320 g/mol. The van der Waals surface area contributed by atoms with E-state index in [1.54, 1.807) is 6.07 Å². The van der Waals surface area contributed by atoms with Gasteiger partial charge in [-0.25, -0.2) is 9.37 Å². The molecule has 0 unspecified atom stereocenters. The number of halogens is 2. The van der Waals surface area contributed by atoms with E-state index in [0.717, 1.165) is 21.2 Å². The van der Waals surface area contributed by atoms with Crippen LogP contribution in [0.5, 0.6) is 0 Å². The van der Waals surface area contributed by atoms with Crippen molar-refractivity contribution in [3.8, 4) is 5.69 Å². The van der Waals surface area contributed by atoms with Crippen molar-refractivity contribution in [3.05, 3.63) is 52.3 Å². The number of hydrogen-bond donors (Lipinski definition) is 1. The van der Waals surface area contributed by atoms with Crippen molar-refractivity contribution in [2.75, 3.05) is 5.73 Å². The second-order valence-electron chi connectivity index (χ2n) is 4.37. The van der Waals surface area contributed by atoms with Crippen LogP contribution in [0.15, 0.2) is 40.9 Å². The molecule has 96 valence electrons. The number of aryl methyl sites for hydroxylation is 1. The smallest absolute Gasteiger partial charge is 0.205 e. The second kappa shape index (κ2) is 4.35. The number of benzene rings is 2. The highest BCUT2D eigenvalue weighted by Gasteiger charge is 2.11. The highest BCUT2D eigenvalue weighted by molar-refractivity contribution is 9.10. The number of rotatable bonds is 1. The van der Waals surface area contributed by atoms with E-state index in [4.69, 9.17) is 5.73 Å². The number of nitrogens with two attached hydrogens (primary N) is 1. The predicted molar refractivity (Wildman–Crippen MR) is 77.9 cm³/mol. The molecule has 3 rings (SSSR count). The van der Waals surface area contributed by atoms with Crippen molar-refractivity contribution in [2.24, 2.45) is 0 Å². The number of imidazole rings is 1. The molecule has 0 bridgehead atoms. The summed E-state index contributed by atoms with van der Waals surface area (Å²) < 4.78 is 16.0. The summed E-state index contributed by atoms with van der Waals surface area (Å²) in [7, 11) is 0. The van der Waals surface area contributed by atoms with E-state index in [-0.39, 0.29) is 5.82 Å². The fourth-order valence-electron chi connectivity index (χ4n) is 2.11. The fourth-order valence-corrected chi connectivity index (χ4v) is 2.36. The Kier molecular flexibility index (Phi) is 2.78. The zero-order chi connectivity index (χ0) is 13.6. The highest BCUT2D eigenvalue weighted by Crippen LogP contribution is 2.26. The lowest BCUT2D eigenvalue weighted by Crippen LogP contribution is -2.00. The van der Waals surface area contributed by atoms with Crippen LogP contribution in [0.25, 0.3) is 16.7 Å². The van der Waals surface area contributed by atoms with Gasteiger partial charge in [-0.2, -0.15) is 0 Å². The SMILES string of the molecule is Cc1cc(-n2c(N)nc3cc(F)ccc32)ccc1Br. The van der Waals surface area contributed by atoms with Crippen molar-refractivity contribution in [2.45, 2.75) is 6.92 Å². The molecule has 0 spiro atoms. The van der Waals surface area contributed by atoms with Gasteiger partial charge in [0.1, 0.15) is 5.82 Å². The first kappa shape index (κ1) is 12.2.